The summed E-state index contributed by atoms with van der Waals surface area (Å²) in [4.78, 5) is 8.29. The maximum Gasteiger partial charge on any atom is 0.0618 e. The molecule has 14 heavy (non-hydrogen) atoms. The van der Waals surface area contributed by atoms with Gasteiger partial charge < -0.3 is 5.73 Å². The van der Waals surface area contributed by atoms with Gasteiger partial charge in [-0.25, -0.2) is 0 Å². The molecule has 0 aliphatic heterocycles. The maximum atomic E-state index is 5.61. The van der Waals surface area contributed by atoms with Gasteiger partial charge in [-0.05, 0) is 12.1 Å². The lowest BCUT2D eigenvalue weighted by molar-refractivity contribution is 0.993. The largest absolute Gasteiger partial charge is 0.325 e. The van der Waals surface area contributed by atoms with Gasteiger partial charge in [0.2, 0.25) is 0 Å². The van der Waals surface area contributed by atoms with Gasteiger partial charge in [0.1, 0.15) is 0 Å². The number of aromatic nitrogens is 2. The van der Waals surface area contributed by atoms with Gasteiger partial charge in [-0.2, -0.15) is 0 Å². The summed E-state index contributed by atoms with van der Waals surface area (Å²) in [6.07, 6.45) is 5.32. The zero-order chi connectivity index (χ0) is 9.80. The summed E-state index contributed by atoms with van der Waals surface area (Å²) in [5.74, 6) is 0. The fourth-order valence-corrected chi connectivity index (χ4v) is 1.39. The van der Waals surface area contributed by atoms with Crippen LogP contribution in [0.1, 0.15) is 5.69 Å². The van der Waals surface area contributed by atoms with Gasteiger partial charge >= 0.3 is 0 Å². The van der Waals surface area contributed by atoms with E-state index in [-0.39, 0.29) is 0 Å². The predicted octanol–water partition coefficient (Wildman–Crippen LogP) is 1.60. The van der Waals surface area contributed by atoms with Gasteiger partial charge in [-0.1, -0.05) is 12.1 Å². The van der Waals surface area contributed by atoms with Crippen molar-refractivity contribution in [2.45, 2.75) is 6.54 Å². The van der Waals surface area contributed by atoms with Crippen molar-refractivity contribution in [1.82, 2.24) is 9.97 Å². The molecule has 0 atom stereocenters. The average Bonchev–Trinajstić information content (AvgIpc) is 2.30. The Labute approximate surface area is 82.6 Å². The summed E-state index contributed by atoms with van der Waals surface area (Å²) in [5, 5.41) is 0. The molecule has 0 aromatic carbocycles. The molecule has 3 heteroatoms. The van der Waals surface area contributed by atoms with E-state index in [1.54, 1.807) is 12.4 Å². The Morgan fingerprint density at radius 1 is 1.14 bits per heavy atom. The Balaban J connectivity index is 2.51. The van der Waals surface area contributed by atoms with Crippen LogP contribution in [0.3, 0.4) is 0 Å². The first-order valence-electron chi connectivity index (χ1n) is 4.46. The lowest BCUT2D eigenvalue weighted by Crippen LogP contribution is -2.01. The molecular weight excluding hydrogens is 174 g/mol. The molecule has 0 aliphatic carbocycles. The lowest BCUT2D eigenvalue weighted by atomic mass is 10.1. The molecule has 0 amide bonds. The summed E-state index contributed by atoms with van der Waals surface area (Å²) in [7, 11) is 0. The minimum absolute atomic E-state index is 0.449. The third kappa shape index (κ3) is 1.63. The van der Waals surface area contributed by atoms with Crippen LogP contribution in [0.25, 0.3) is 11.1 Å². The Morgan fingerprint density at radius 3 is 2.71 bits per heavy atom. The standard InChI is InChI=1S/C11H11N3/c12-7-11-10(4-2-6-14-11)9-3-1-5-13-8-9/h1-6,8H,7,12H2. The van der Waals surface area contributed by atoms with Crippen LogP contribution in [-0.2, 0) is 6.54 Å². The van der Waals surface area contributed by atoms with Crippen molar-refractivity contribution < 1.29 is 0 Å². The Bertz CT molecular complexity index is 412. The molecule has 0 spiro atoms. The fourth-order valence-electron chi connectivity index (χ4n) is 1.39. The van der Waals surface area contributed by atoms with Gasteiger partial charge in [0.25, 0.3) is 0 Å². The molecule has 3 nitrogen and oxygen atoms in total. The number of nitrogens with two attached hydrogens (primary N) is 1. The first-order chi connectivity index (χ1) is 6.92. The summed E-state index contributed by atoms with van der Waals surface area (Å²) in [6, 6.07) is 7.82. The molecule has 0 fully saturated rings. The fraction of sp³-hybridized carbons (Fsp3) is 0.0909. The highest BCUT2D eigenvalue weighted by Gasteiger charge is 2.02. The summed E-state index contributed by atoms with van der Waals surface area (Å²) in [5.41, 5.74) is 8.62. The SMILES string of the molecule is NCc1ncccc1-c1cccnc1. The van der Waals surface area contributed by atoms with E-state index >= 15 is 0 Å². The molecule has 2 aromatic rings. The van der Waals surface area contributed by atoms with E-state index in [0.717, 1.165) is 16.8 Å². The molecule has 0 radical (unpaired) electrons. The van der Waals surface area contributed by atoms with Gasteiger partial charge in [0, 0.05) is 36.3 Å². The van der Waals surface area contributed by atoms with E-state index < -0.39 is 0 Å². The van der Waals surface area contributed by atoms with Crippen LogP contribution in [0.4, 0.5) is 0 Å². The van der Waals surface area contributed by atoms with Crippen LogP contribution < -0.4 is 5.73 Å². The Morgan fingerprint density at radius 2 is 2.00 bits per heavy atom. The molecular formula is C11H11N3. The molecule has 2 rings (SSSR count). The van der Waals surface area contributed by atoms with E-state index in [4.69, 9.17) is 5.73 Å². The first kappa shape index (κ1) is 8.84. The van der Waals surface area contributed by atoms with E-state index in [9.17, 15) is 0 Å². The molecule has 0 aliphatic rings. The minimum Gasteiger partial charge on any atom is -0.325 e. The van der Waals surface area contributed by atoms with E-state index in [0.29, 0.717) is 6.54 Å². The number of pyridine rings is 2. The average molecular weight is 185 g/mol. The van der Waals surface area contributed by atoms with Crippen molar-refractivity contribution >= 4 is 0 Å². The second-order valence-corrected chi connectivity index (χ2v) is 2.94. The highest BCUT2D eigenvalue weighted by molar-refractivity contribution is 5.64. The summed E-state index contributed by atoms with van der Waals surface area (Å²) >= 11 is 0. The van der Waals surface area contributed by atoms with Crippen molar-refractivity contribution in [1.29, 1.82) is 0 Å². The third-order valence-corrected chi connectivity index (χ3v) is 2.06. The van der Waals surface area contributed by atoms with Crippen LogP contribution in [0, 0.1) is 0 Å². The smallest absolute Gasteiger partial charge is 0.0618 e. The Hall–Kier alpha value is -1.74. The molecule has 0 saturated heterocycles. The molecule has 0 unspecified atom stereocenters. The van der Waals surface area contributed by atoms with Crippen LogP contribution in [-0.4, -0.2) is 9.97 Å². The first-order valence-corrected chi connectivity index (χ1v) is 4.46. The third-order valence-electron chi connectivity index (χ3n) is 2.06. The molecule has 0 bridgehead atoms. The van der Waals surface area contributed by atoms with Crippen molar-refractivity contribution in [2.75, 3.05) is 0 Å². The van der Waals surface area contributed by atoms with Gasteiger partial charge in [0.05, 0.1) is 5.69 Å². The molecule has 2 N–H and O–H groups in total. The number of hydrogen-bond acceptors (Lipinski definition) is 3. The summed E-state index contributed by atoms with van der Waals surface area (Å²) < 4.78 is 0. The topological polar surface area (TPSA) is 51.8 Å². The maximum absolute atomic E-state index is 5.61. The zero-order valence-corrected chi connectivity index (χ0v) is 7.72. The van der Waals surface area contributed by atoms with Crippen LogP contribution in [0.15, 0.2) is 42.9 Å². The molecule has 2 heterocycles. The lowest BCUT2D eigenvalue weighted by Gasteiger charge is -2.05. The van der Waals surface area contributed by atoms with Crippen molar-refractivity contribution in [3.8, 4) is 11.1 Å². The van der Waals surface area contributed by atoms with Crippen LogP contribution in [0.5, 0.6) is 0 Å². The number of hydrogen-bond donors (Lipinski definition) is 1. The van der Waals surface area contributed by atoms with E-state index in [1.807, 2.05) is 30.5 Å². The normalized spacial score (nSPS) is 10.1. The van der Waals surface area contributed by atoms with Crippen molar-refractivity contribution in [3.05, 3.63) is 48.5 Å². The molecule has 2 aromatic heterocycles. The Kier molecular flexibility index (Phi) is 2.51. The molecule has 70 valence electrons. The van der Waals surface area contributed by atoms with Crippen molar-refractivity contribution in [3.63, 3.8) is 0 Å². The predicted molar refractivity (Wildman–Crippen MR) is 55.4 cm³/mol. The van der Waals surface area contributed by atoms with E-state index in [1.165, 1.54) is 0 Å². The van der Waals surface area contributed by atoms with Gasteiger partial charge in [-0.3, -0.25) is 9.97 Å². The highest BCUT2D eigenvalue weighted by atomic mass is 14.7. The van der Waals surface area contributed by atoms with Gasteiger partial charge in [-0.15, -0.1) is 0 Å². The number of nitrogens with zero attached hydrogens (tertiary/aromatic N) is 2. The van der Waals surface area contributed by atoms with Crippen LogP contribution in [0.2, 0.25) is 0 Å². The molecule has 0 saturated carbocycles. The minimum atomic E-state index is 0.449. The highest BCUT2D eigenvalue weighted by Crippen LogP contribution is 2.20. The van der Waals surface area contributed by atoms with Gasteiger partial charge in [0.15, 0.2) is 0 Å². The quantitative estimate of drug-likeness (QED) is 0.773. The second-order valence-electron chi connectivity index (χ2n) is 2.94. The van der Waals surface area contributed by atoms with Crippen LogP contribution >= 0.6 is 0 Å². The van der Waals surface area contributed by atoms with Crippen molar-refractivity contribution in [2.24, 2.45) is 5.73 Å². The second kappa shape index (κ2) is 3.98. The number of rotatable bonds is 2. The monoisotopic (exact) mass is 185 g/mol. The van der Waals surface area contributed by atoms with E-state index in [2.05, 4.69) is 9.97 Å². The summed E-state index contributed by atoms with van der Waals surface area (Å²) in [6.45, 7) is 0.449. The zero-order valence-electron chi connectivity index (χ0n) is 7.72.